The van der Waals surface area contributed by atoms with E-state index in [0.717, 1.165) is 0 Å². The Morgan fingerprint density at radius 1 is 1.71 bits per heavy atom. The van der Waals surface area contributed by atoms with E-state index in [1.54, 1.807) is 13.3 Å². The van der Waals surface area contributed by atoms with Gasteiger partial charge in [-0.15, -0.1) is 11.8 Å². The number of ether oxygens (including phenoxy) is 1. The first-order valence-electron chi connectivity index (χ1n) is 5.05. The van der Waals surface area contributed by atoms with Gasteiger partial charge >= 0.3 is 5.97 Å². The molecule has 0 aromatic carbocycles. The van der Waals surface area contributed by atoms with Crippen LogP contribution in [0.3, 0.4) is 0 Å². The summed E-state index contributed by atoms with van der Waals surface area (Å²) in [6.45, 7) is 0. The van der Waals surface area contributed by atoms with Crippen molar-refractivity contribution < 1.29 is 14.3 Å². The summed E-state index contributed by atoms with van der Waals surface area (Å²) in [5.74, 6) is -0.167. The monoisotopic (exact) mass is 255 g/mol. The van der Waals surface area contributed by atoms with E-state index in [1.807, 2.05) is 0 Å². The molecular weight excluding hydrogens is 242 g/mol. The molecule has 2 aliphatic rings. The predicted molar refractivity (Wildman–Crippen MR) is 64.5 cm³/mol. The first-order valence-corrected chi connectivity index (χ1v) is 6.10. The van der Waals surface area contributed by atoms with Gasteiger partial charge in [0.1, 0.15) is 17.1 Å². The molecule has 1 saturated heterocycles. The van der Waals surface area contributed by atoms with Crippen molar-refractivity contribution in [2.75, 3.05) is 19.9 Å². The number of carbonyl (C=O) groups excluding carboxylic acids is 2. The van der Waals surface area contributed by atoms with E-state index < -0.39 is 12.0 Å². The van der Waals surface area contributed by atoms with E-state index in [1.165, 1.54) is 23.8 Å². The topological polar surface area (TPSA) is 85.0 Å². The number of rotatable bonds is 2. The number of hydrogen-bond donors (Lipinski definition) is 1. The molecule has 2 N–H and O–H groups in total. The number of amides is 1. The SMILES string of the molecule is CN=CC1=C(C(=O)OC)N2C(=O)[C@@H](N)[C@H]2SC1. The lowest BCUT2D eigenvalue weighted by Gasteiger charge is -2.47. The van der Waals surface area contributed by atoms with Crippen LogP contribution in [-0.2, 0) is 14.3 Å². The van der Waals surface area contributed by atoms with Crippen molar-refractivity contribution in [2.24, 2.45) is 10.7 Å². The summed E-state index contributed by atoms with van der Waals surface area (Å²) in [6, 6.07) is -0.528. The lowest BCUT2D eigenvalue weighted by molar-refractivity contribution is -0.149. The van der Waals surface area contributed by atoms with E-state index in [9.17, 15) is 9.59 Å². The Labute approximate surface area is 103 Å². The van der Waals surface area contributed by atoms with Crippen LogP contribution in [0.15, 0.2) is 16.3 Å². The third kappa shape index (κ3) is 1.75. The van der Waals surface area contributed by atoms with E-state index in [-0.39, 0.29) is 17.0 Å². The van der Waals surface area contributed by atoms with Crippen molar-refractivity contribution in [3.63, 3.8) is 0 Å². The average Bonchev–Trinajstić information content (AvgIpc) is 2.36. The lowest BCUT2D eigenvalue weighted by atomic mass is 10.0. The third-order valence-electron chi connectivity index (χ3n) is 2.70. The van der Waals surface area contributed by atoms with Crippen LogP contribution in [0.4, 0.5) is 0 Å². The van der Waals surface area contributed by atoms with Crippen LogP contribution in [0.1, 0.15) is 0 Å². The average molecular weight is 255 g/mol. The second-order valence-electron chi connectivity index (χ2n) is 3.69. The van der Waals surface area contributed by atoms with Crippen LogP contribution >= 0.6 is 11.8 Å². The number of carbonyl (C=O) groups is 2. The summed E-state index contributed by atoms with van der Waals surface area (Å²) in [5, 5.41) is -0.161. The van der Waals surface area contributed by atoms with Crippen molar-refractivity contribution in [1.82, 2.24) is 4.90 Å². The largest absolute Gasteiger partial charge is 0.464 e. The van der Waals surface area contributed by atoms with E-state index in [0.29, 0.717) is 11.3 Å². The Morgan fingerprint density at radius 2 is 2.41 bits per heavy atom. The van der Waals surface area contributed by atoms with Gasteiger partial charge in [0.05, 0.1) is 7.11 Å². The van der Waals surface area contributed by atoms with Gasteiger partial charge in [0, 0.05) is 24.6 Å². The minimum Gasteiger partial charge on any atom is -0.464 e. The minimum absolute atomic E-state index is 0.161. The predicted octanol–water partition coefficient (Wildman–Crippen LogP) is -0.643. The fraction of sp³-hybridized carbons (Fsp3) is 0.500. The summed E-state index contributed by atoms with van der Waals surface area (Å²) < 4.78 is 4.70. The van der Waals surface area contributed by atoms with Crippen molar-refractivity contribution >= 4 is 29.9 Å². The summed E-state index contributed by atoms with van der Waals surface area (Å²) in [4.78, 5) is 28.7. The summed E-state index contributed by atoms with van der Waals surface area (Å²) >= 11 is 1.53. The molecule has 6 nitrogen and oxygen atoms in total. The fourth-order valence-corrected chi connectivity index (χ4v) is 3.12. The maximum Gasteiger partial charge on any atom is 0.355 e. The molecule has 0 saturated carbocycles. The third-order valence-corrected chi connectivity index (χ3v) is 4.03. The maximum absolute atomic E-state index is 11.7. The zero-order valence-corrected chi connectivity index (χ0v) is 10.4. The van der Waals surface area contributed by atoms with Crippen molar-refractivity contribution in [3.8, 4) is 0 Å². The van der Waals surface area contributed by atoms with Crippen LogP contribution in [0.5, 0.6) is 0 Å². The number of esters is 1. The smallest absolute Gasteiger partial charge is 0.355 e. The summed E-state index contributed by atoms with van der Waals surface area (Å²) in [5.41, 5.74) is 6.65. The highest BCUT2D eigenvalue weighted by molar-refractivity contribution is 8.00. The van der Waals surface area contributed by atoms with Crippen molar-refractivity contribution in [2.45, 2.75) is 11.4 Å². The molecule has 1 fully saturated rings. The molecule has 2 aliphatic heterocycles. The maximum atomic E-state index is 11.7. The highest BCUT2D eigenvalue weighted by Crippen LogP contribution is 2.39. The molecule has 0 aliphatic carbocycles. The molecule has 0 aromatic rings. The fourth-order valence-electron chi connectivity index (χ4n) is 1.88. The number of β-lactam (4-membered cyclic amide) rings is 1. The number of methoxy groups -OCH3 is 1. The van der Waals surface area contributed by atoms with Crippen LogP contribution in [-0.4, -0.2) is 54.3 Å². The van der Waals surface area contributed by atoms with Gasteiger partial charge in [0.25, 0.3) is 0 Å². The number of aliphatic imine (C=N–C) groups is 1. The molecule has 2 rings (SSSR count). The van der Waals surface area contributed by atoms with Crippen LogP contribution in [0, 0.1) is 0 Å². The Morgan fingerprint density at radius 3 is 3.00 bits per heavy atom. The Balaban J connectivity index is 2.41. The molecule has 0 unspecified atom stereocenters. The Bertz CT molecular complexity index is 433. The van der Waals surface area contributed by atoms with Gasteiger partial charge in [-0.2, -0.15) is 0 Å². The number of fused-ring (bicyclic) bond motifs is 1. The highest BCUT2D eigenvalue weighted by atomic mass is 32.2. The molecule has 0 spiro atoms. The van der Waals surface area contributed by atoms with Gasteiger partial charge in [0.2, 0.25) is 5.91 Å². The minimum atomic E-state index is -0.528. The first kappa shape index (κ1) is 12.1. The highest BCUT2D eigenvalue weighted by Gasteiger charge is 2.51. The molecule has 1 amide bonds. The van der Waals surface area contributed by atoms with Gasteiger partial charge in [-0.1, -0.05) is 0 Å². The number of thioether (sulfide) groups is 1. The van der Waals surface area contributed by atoms with Gasteiger partial charge in [-0.25, -0.2) is 4.79 Å². The van der Waals surface area contributed by atoms with Crippen LogP contribution in [0.2, 0.25) is 0 Å². The second-order valence-corrected chi connectivity index (χ2v) is 4.79. The first-order chi connectivity index (χ1) is 8.11. The van der Waals surface area contributed by atoms with Crippen molar-refractivity contribution in [1.29, 1.82) is 0 Å². The molecule has 2 atom stereocenters. The number of nitrogens with zero attached hydrogens (tertiary/aromatic N) is 2. The van der Waals surface area contributed by atoms with Crippen LogP contribution < -0.4 is 5.73 Å². The molecule has 92 valence electrons. The van der Waals surface area contributed by atoms with Crippen molar-refractivity contribution in [3.05, 3.63) is 11.3 Å². The van der Waals surface area contributed by atoms with Gasteiger partial charge in [-0.3, -0.25) is 14.7 Å². The van der Waals surface area contributed by atoms with Gasteiger partial charge in [0.15, 0.2) is 0 Å². The number of nitrogens with two attached hydrogens (primary N) is 1. The standard InChI is InChI=1S/C10H13N3O3S/c1-12-3-5-4-17-9-6(11)8(14)13(9)7(5)10(15)16-2/h3,6,9H,4,11H2,1-2H3/t6-,9-/m1/s1. The number of hydrogen-bond acceptors (Lipinski definition) is 6. The zero-order valence-electron chi connectivity index (χ0n) is 9.54. The Hall–Kier alpha value is -1.34. The Kier molecular flexibility index (Phi) is 3.21. The van der Waals surface area contributed by atoms with E-state index in [4.69, 9.17) is 10.5 Å². The lowest BCUT2D eigenvalue weighted by Crippen LogP contribution is -2.68. The molecule has 2 heterocycles. The summed E-state index contributed by atoms with van der Waals surface area (Å²) in [6.07, 6.45) is 1.58. The zero-order chi connectivity index (χ0) is 12.6. The second kappa shape index (κ2) is 4.50. The quantitative estimate of drug-likeness (QED) is 0.403. The van der Waals surface area contributed by atoms with E-state index >= 15 is 0 Å². The van der Waals surface area contributed by atoms with Crippen LogP contribution in [0.25, 0.3) is 0 Å². The molecule has 7 heteroatoms. The van der Waals surface area contributed by atoms with Gasteiger partial charge in [-0.05, 0) is 0 Å². The van der Waals surface area contributed by atoms with E-state index in [2.05, 4.69) is 4.99 Å². The molecule has 17 heavy (non-hydrogen) atoms. The molecule has 0 radical (unpaired) electrons. The molecule has 0 aromatic heterocycles. The normalized spacial score (nSPS) is 28.2. The summed E-state index contributed by atoms with van der Waals surface area (Å²) in [7, 11) is 2.90. The van der Waals surface area contributed by atoms with Gasteiger partial charge < -0.3 is 10.5 Å². The molecular formula is C10H13N3O3S. The molecule has 0 bridgehead atoms.